The van der Waals surface area contributed by atoms with Crippen molar-refractivity contribution in [1.29, 1.82) is 0 Å². The van der Waals surface area contributed by atoms with E-state index < -0.39 is 0 Å². The molecule has 116 valence electrons. The SMILES string of the molecule is CN(C)C(=O)C1CNCCN1CCOc1ccc(Br)cc1. The second kappa shape index (κ2) is 7.77. The number of hydrogen-bond acceptors (Lipinski definition) is 4. The van der Waals surface area contributed by atoms with Crippen molar-refractivity contribution < 1.29 is 9.53 Å². The van der Waals surface area contributed by atoms with Gasteiger partial charge in [-0.05, 0) is 24.3 Å². The largest absolute Gasteiger partial charge is 0.492 e. The van der Waals surface area contributed by atoms with Crippen LogP contribution in [0, 0.1) is 0 Å². The van der Waals surface area contributed by atoms with Crippen LogP contribution in [0.15, 0.2) is 28.7 Å². The summed E-state index contributed by atoms with van der Waals surface area (Å²) >= 11 is 3.40. The first-order chi connectivity index (χ1) is 10.1. The molecule has 1 aromatic carbocycles. The first-order valence-electron chi connectivity index (χ1n) is 7.12. The predicted octanol–water partition coefficient (Wildman–Crippen LogP) is 1.19. The molecule has 1 N–H and O–H groups in total. The van der Waals surface area contributed by atoms with E-state index in [1.165, 1.54) is 0 Å². The number of halogens is 1. The van der Waals surface area contributed by atoms with Gasteiger partial charge in [0.15, 0.2) is 0 Å². The summed E-state index contributed by atoms with van der Waals surface area (Å²) < 4.78 is 6.78. The van der Waals surface area contributed by atoms with Gasteiger partial charge in [-0.2, -0.15) is 0 Å². The monoisotopic (exact) mass is 355 g/mol. The summed E-state index contributed by atoms with van der Waals surface area (Å²) in [5, 5.41) is 3.28. The predicted molar refractivity (Wildman–Crippen MR) is 86.6 cm³/mol. The number of ether oxygens (including phenoxy) is 1. The third-order valence-corrected chi connectivity index (χ3v) is 4.07. The van der Waals surface area contributed by atoms with Crippen LogP contribution in [0.5, 0.6) is 5.75 Å². The molecule has 1 fully saturated rings. The van der Waals surface area contributed by atoms with Crippen LogP contribution in [0.4, 0.5) is 0 Å². The fourth-order valence-electron chi connectivity index (χ4n) is 2.37. The Hall–Kier alpha value is -1.11. The Balaban J connectivity index is 1.85. The normalized spacial score (nSPS) is 19.3. The molecule has 1 amide bonds. The fraction of sp³-hybridized carbons (Fsp3) is 0.533. The van der Waals surface area contributed by atoms with Gasteiger partial charge in [0.05, 0.1) is 0 Å². The minimum absolute atomic E-state index is 0.0951. The van der Waals surface area contributed by atoms with E-state index in [2.05, 4.69) is 26.1 Å². The van der Waals surface area contributed by atoms with Crippen LogP contribution in [-0.4, -0.2) is 68.6 Å². The summed E-state index contributed by atoms with van der Waals surface area (Å²) in [7, 11) is 3.60. The van der Waals surface area contributed by atoms with Gasteiger partial charge >= 0.3 is 0 Å². The van der Waals surface area contributed by atoms with E-state index in [1.807, 2.05) is 24.3 Å². The number of carbonyl (C=O) groups is 1. The molecule has 1 unspecified atom stereocenters. The van der Waals surface area contributed by atoms with E-state index in [4.69, 9.17) is 4.74 Å². The van der Waals surface area contributed by atoms with Crippen molar-refractivity contribution in [1.82, 2.24) is 15.1 Å². The molecule has 21 heavy (non-hydrogen) atoms. The molecule has 1 atom stereocenters. The van der Waals surface area contributed by atoms with Crippen molar-refractivity contribution >= 4 is 21.8 Å². The molecule has 5 nitrogen and oxygen atoms in total. The van der Waals surface area contributed by atoms with Crippen molar-refractivity contribution in [2.24, 2.45) is 0 Å². The average molecular weight is 356 g/mol. The molecule has 1 saturated heterocycles. The highest BCUT2D eigenvalue weighted by atomic mass is 79.9. The maximum atomic E-state index is 12.2. The van der Waals surface area contributed by atoms with Gasteiger partial charge in [-0.15, -0.1) is 0 Å². The van der Waals surface area contributed by atoms with E-state index in [9.17, 15) is 4.79 Å². The number of nitrogens with one attached hydrogen (secondary N) is 1. The van der Waals surface area contributed by atoms with Gasteiger partial charge < -0.3 is 15.0 Å². The number of rotatable bonds is 5. The highest BCUT2D eigenvalue weighted by molar-refractivity contribution is 9.10. The van der Waals surface area contributed by atoms with Crippen LogP contribution in [0.1, 0.15) is 0 Å². The highest BCUT2D eigenvalue weighted by Crippen LogP contribution is 2.16. The van der Waals surface area contributed by atoms with Gasteiger partial charge in [-0.1, -0.05) is 15.9 Å². The zero-order valence-corrected chi connectivity index (χ0v) is 14.1. The molecule has 0 saturated carbocycles. The molecular formula is C15H22BrN3O2. The number of nitrogens with zero attached hydrogens (tertiary/aromatic N) is 2. The molecule has 0 spiro atoms. The third-order valence-electron chi connectivity index (χ3n) is 3.54. The molecule has 0 aromatic heterocycles. The van der Waals surface area contributed by atoms with Gasteiger partial charge in [-0.3, -0.25) is 9.69 Å². The maximum absolute atomic E-state index is 12.2. The van der Waals surface area contributed by atoms with Crippen LogP contribution in [0.3, 0.4) is 0 Å². The van der Waals surface area contributed by atoms with Crippen LogP contribution >= 0.6 is 15.9 Å². The minimum Gasteiger partial charge on any atom is -0.492 e. The van der Waals surface area contributed by atoms with Crippen LogP contribution < -0.4 is 10.1 Å². The molecular weight excluding hydrogens is 334 g/mol. The van der Waals surface area contributed by atoms with E-state index in [0.717, 1.165) is 29.9 Å². The number of benzene rings is 1. The summed E-state index contributed by atoms with van der Waals surface area (Å²) in [5.74, 6) is 0.995. The van der Waals surface area contributed by atoms with Gasteiger partial charge in [0, 0.05) is 44.7 Å². The zero-order chi connectivity index (χ0) is 15.2. The Kier molecular flexibility index (Phi) is 6.02. The smallest absolute Gasteiger partial charge is 0.240 e. The van der Waals surface area contributed by atoms with Crippen molar-refractivity contribution in [3.8, 4) is 5.75 Å². The van der Waals surface area contributed by atoms with E-state index >= 15 is 0 Å². The number of carbonyl (C=O) groups excluding carboxylic acids is 1. The first kappa shape index (κ1) is 16.3. The van der Waals surface area contributed by atoms with Gasteiger partial charge in [0.1, 0.15) is 18.4 Å². The Morgan fingerprint density at radius 2 is 2.14 bits per heavy atom. The number of likely N-dealkylation sites (N-methyl/N-ethyl adjacent to an activating group) is 1. The third kappa shape index (κ3) is 4.69. The first-order valence-corrected chi connectivity index (χ1v) is 7.91. The summed E-state index contributed by atoms with van der Waals surface area (Å²) in [6, 6.07) is 7.69. The van der Waals surface area contributed by atoms with Crippen molar-refractivity contribution in [3.05, 3.63) is 28.7 Å². The van der Waals surface area contributed by atoms with Gasteiger partial charge in [0.25, 0.3) is 0 Å². The van der Waals surface area contributed by atoms with Crippen LogP contribution in [0.25, 0.3) is 0 Å². The second-order valence-corrected chi connectivity index (χ2v) is 6.21. The molecule has 0 aliphatic carbocycles. The molecule has 1 heterocycles. The van der Waals surface area contributed by atoms with Crippen molar-refractivity contribution in [2.75, 3.05) is 46.9 Å². The molecule has 0 radical (unpaired) electrons. The lowest BCUT2D eigenvalue weighted by molar-refractivity contribution is -0.135. The molecule has 6 heteroatoms. The van der Waals surface area contributed by atoms with E-state index in [1.54, 1.807) is 19.0 Å². The van der Waals surface area contributed by atoms with Crippen molar-refractivity contribution in [2.45, 2.75) is 6.04 Å². The number of hydrogen-bond donors (Lipinski definition) is 1. The zero-order valence-electron chi connectivity index (χ0n) is 12.5. The summed E-state index contributed by atoms with van der Waals surface area (Å²) in [5.41, 5.74) is 0. The number of piperazine rings is 1. The lowest BCUT2D eigenvalue weighted by Crippen LogP contribution is -2.58. The van der Waals surface area contributed by atoms with Crippen LogP contribution in [0.2, 0.25) is 0 Å². The Morgan fingerprint density at radius 3 is 2.81 bits per heavy atom. The fourth-order valence-corrected chi connectivity index (χ4v) is 2.63. The molecule has 0 bridgehead atoms. The molecule has 2 rings (SSSR count). The summed E-state index contributed by atoms with van der Waals surface area (Å²) in [6.45, 7) is 3.82. The van der Waals surface area contributed by atoms with Gasteiger partial charge in [0.2, 0.25) is 5.91 Å². The summed E-state index contributed by atoms with van der Waals surface area (Å²) in [4.78, 5) is 16.0. The second-order valence-electron chi connectivity index (χ2n) is 5.29. The average Bonchev–Trinajstić information content (AvgIpc) is 2.49. The quantitative estimate of drug-likeness (QED) is 0.861. The Bertz CT molecular complexity index is 464. The van der Waals surface area contributed by atoms with E-state index in [-0.39, 0.29) is 11.9 Å². The van der Waals surface area contributed by atoms with Crippen molar-refractivity contribution in [3.63, 3.8) is 0 Å². The highest BCUT2D eigenvalue weighted by Gasteiger charge is 2.29. The van der Waals surface area contributed by atoms with Gasteiger partial charge in [-0.25, -0.2) is 0 Å². The lowest BCUT2D eigenvalue weighted by atomic mass is 10.1. The maximum Gasteiger partial charge on any atom is 0.240 e. The number of amides is 1. The van der Waals surface area contributed by atoms with E-state index in [0.29, 0.717) is 13.2 Å². The molecule has 1 aliphatic heterocycles. The standard InChI is InChI=1S/C15H22BrN3O2/c1-18(2)15(20)14-11-17-7-8-19(14)9-10-21-13-5-3-12(16)4-6-13/h3-6,14,17H,7-11H2,1-2H3. The Labute approximate surface area is 134 Å². The van der Waals surface area contributed by atoms with Crippen LogP contribution in [-0.2, 0) is 4.79 Å². The minimum atomic E-state index is -0.0951. The molecule has 1 aromatic rings. The topological polar surface area (TPSA) is 44.8 Å². The molecule has 1 aliphatic rings. The Morgan fingerprint density at radius 1 is 1.43 bits per heavy atom. The lowest BCUT2D eigenvalue weighted by Gasteiger charge is -2.36. The summed E-state index contributed by atoms with van der Waals surface area (Å²) in [6.07, 6.45) is 0.